The number of unbranched alkanes of at least 4 members (excludes halogenated alkanes) is 2. The first kappa shape index (κ1) is 39.1. The van der Waals surface area contributed by atoms with Crippen LogP contribution in [-0.4, -0.2) is 68.6 Å². The van der Waals surface area contributed by atoms with Gasteiger partial charge in [0.05, 0.1) is 17.5 Å². The summed E-state index contributed by atoms with van der Waals surface area (Å²) < 4.78 is 29.2. The lowest BCUT2D eigenvalue weighted by molar-refractivity contribution is -0.127. The number of nitrogens with one attached hydrogen (secondary N) is 2. The predicted octanol–water partition coefficient (Wildman–Crippen LogP) is 3.71. The highest BCUT2D eigenvalue weighted by Crippen LogP contribution is 2.21. The number of hydrogen-bond acceptors (Lipinski definition) is 7. The maximum absolute atomic E-state index is 14.0. The molecule has 6 N–H and O–H groups in total. The number of aryl methyl sites for hydroxylation is 1. The molecule has 11 heteroatoms. The van der Waals surface area contributed by atoms with Gasteiger partial charge in [0, 0.05) is 18.5 Å². The Morgan fingerprint density at radius 3 is 2.02 bits per heavy atom. The lowest BCUT2D eigenvalue weighted by Gasteiger charge is -2.29. The van der Waals surface area contributed by atoms with Gasteiger partial charge in [0.15, 0.2) is 5.78 Å². The Hall–Kier alpha value is -3.12. The molecular formula is C35H55N5O5S. The normalized spacial score (nSPS) is 13.7. The van der Waals surface area contributed by atoms with Crippen LogP contribution in [0, 0.1) is 18.8 Å². The number of sulfonamides is 1. The number of carbonyl (C=O) groups excluding carboxylic acids is 3. The molecule has 0 aliphatic heterocycles. The van der Waals surface area contributed by atoms with Crippen LogP contribution in [0.5, 0.6) is 0 Å². The van der Waals surface area contributed by atoms with Gasteiger partial charge in [-0.15, -0.1) is 0 Å². The summed E-state index contributed by atoms with van der Waals surface area (Å²) in [6, 6.07) is 14.4. The minimum atomic E-state index is -4.15. The molecule has 0 saturated heterocycles. The van der Waals surface area contributed by atoms with Crippen molar-refractivity contribution < 1.29 is 22.8 Å². The molecule has 2 aromatic rings. The lowest BCUT2D eigenvalue weighted by atomic mass is 9.91. The standard InChI is InChI=1S/C35H55N5O5S/c1-26(2)22-30(14-8-10-20-36)35(43)38-31(15-9-11-21-37)24-40(46(44,45)32-18-16-27(3)17-19-32)25-34(42)39-33(28(4)41)23-29-12-6-5-7-13-29/h5-7,12-13,16-19,26,30-31,33H,8-11,14-15,20-25,36-37H2,1-4H3,(H,38,43)(H,39,42). The number of rotatable bonds is 22. The van der Waals surface area contributed by atoms with Gasteiger partial charge in [-0.05, 0) is 89.1 Å². The molecule has 10 nitrogen and oxygen atoms in total. The fourth-order valence-electron chi connectivity index (χ4n) is 5.42. The summed E-state index contributed by atoms with van der Waals surface area (Å²) >= 11 is 0. The van der Waals surface area contributed by atoms with E-state index in [1.54, 1.807) is 12.1 Å². The van der Waals surface area contributed by atoms with Crippen LogP contribution in [0.1, 0.15) is 76.8 Å². The Morgan fingerprint density at radius 1 is 0.848 bits per heavy atom. The summed E-state index contributed by atoms with van der Waals surface area (Å²) in [5.74, 6) is -0.888. The Morgan fingerprint density at radius 2 is 1.46 bits per heavy atom. The molecule has 2 amide bonds. The molecule has 0 bridgehead atoms. The van der Waals surface area contributed by atoms with Crippen molar-refractivity contribution in [3.63, 3.8) is 0 Å². The highest BCUT2D eigenvalue weighted by Gasteiger charge is 2.32. The molecule has 2 aromatic carbocycles. The Labute approximate surface area is 276 Å². The van der Waals surface area contributed by atoms with Crippen LogP contribution in [-0.2, 0) is 30.8 Å². The molecule has 0 heterocycles. The summed E-state index contributed by atoms with van der Waals surface area (Å²) in [5.41, 5.74) is 13.2. The summed E-state index contributed by atoms with van der Waals surface area (Å²) in [6.45, 7) is 7.81. The summed E-state index contributed by atoms with van der Waals surface area (Å²) in [6.07, 6.45) is 5.21. The fraction of sp³-hybridized carbons (Fsp3) is 0.571. The molecular weight excluding hydrogens is 602 g/mol. The van der Waals surface area contributed by atoms with Crippen molar-refractivity contribution in [1.82, 2.24) is 14.9 Å². The van der Waals surface area contributed by atoms with Crippen LogP contribution >= 0.6 is 0 Å². The molecule has 46 heavy (non-hydrogen) atoms. The van der Waals surface area contributed by atoms with Gasteiger partial charge in [-0.3, -0.25) is 14.4 Å². The third-order valence-electron chi connectivity index (χ3n) is 8.00. The lowest BCUT2D eigenvalue weighted by Crippen LogP contribution is -2.51. The first-order chi connectivity index (χ1) is 21.9. The molecule has 0 aromatic heterocycles. The summed E-state index contributed by atoms with van der Waals surface area (Å²) in [5, 5.41) is 5.89. The van der Waals surface area contributed by atoms with Gasteiger partial charge in [0.1, 0.15) is 0 Å². The van der Waals surface area contributed by atoms with E-state index in [1.807, 2.05) is 37.3 Å². The van der Waals surface area contributed by atoms with Crippen molar-refractivity contribution in [1.29, 1.82) is 0 Å². The van der Waals surface area contributed by atoms with Crippen molar-refractivity contribution >= 4 is 27.6 Å². The number of ketones is 1. The monoisotopic (exact) mass is 657 g/mol. The molecule has 3 atom stereocenters. The number of hydrogen-bond donors (Lipinski definition) is 4. The number of benzene rings is 2. The van der Waals surface area contributed by atoms with Crippen molar-refractivity contribution in [3.05, 3.63) is 65.7 Å². The molecule has 256 valence electrons. The number of Topliss-reactive ketones (excluding diaryl/α,β-unsaturated/α-hetero) is 1. The summed E-state index contributed by atoms with van der Waals surface area (Å²) in [4.78, 5) is 39.6. The van der Waals surface area contributed by atoms with E-state index >= 15 is 0 Å². The predicted molar refractivity (Wildman–Crippen MR) is 183 cm³/mol. The van der Waals surface area contributed by atoms with Crippen molar-refractivity contribution in [2.75, 3.05) is 26.2 Å². The minimum absolute atomic E-state index is 0.0461. The van der Waals surface area contributed by atoms with Crippen molar-refractivity contribution in [2.24, 2.45) is 23.3 Å². The van der Waals surface area contributed by atoms with E-state index in [-0.39, 0.29) is 35.5 Å². The largest absolute Gasteiger partial charge is 0.352 e. The van der Waals surface area contributed by atoms with Gasteiger partial charge < -0.3 is 22.1 Å². The quantitative estimate of drug-likeness (QED) is 0.140. The van der Waals surface area contributed by atoms with Crippen LogP contribution in [0.25, 0.3) is 0 Å². The first-order valence-corrected chi connectivity index (χ1v) is 17.9. The van der Waals surface area contributed by atoms with Crippen molar-refractivity contribution in [2.45, 2.75) is 96.0 Å². The third kappa shape index (κ3) is 13.7. The zero-order valence-corrected chi connectivity index (χ0v) is 28.9. The smallest absolute Gasteiger partial charge is 0.243 e. The number of amides is 2. The van der Waals surface area contributed by atoms with E-state index in [1.165, 1.54) is 19.1 Å². The van der Waals surface area contributed by atoms with Crippen LogP contribution < -0.4 is 22.1 Å². The minimum Gasteiger partial charge on any atom is -0.352 e. The maximum Gasteiger partial charge on any atom is 0.243 e. The molecule has 0 saturated carbocycles. The average Bonchev–Trinajstić information content (AvgIpc) is 3.00. The molecule has 0 radical (unpaired) electrons. The zero-order chi connectivity index (χ0) is 34.1. The van der Waals surface area contributed by atoms with E-state index in [0.29, 0.717) is 51.1 Å². The van der Waals surface area contributed by atoms with Gasteiger partial charge in [-0.25, -0.2) is 8.42 Å². The molecule has 0 aliphatic rings. The fourth-order valence-corrected chi connectivity index (χ4v) is 6.86. The van der Waals surface area contributed by atoms with Gasteiger partial charge in [-0.1, -0.05) is 74.7 Å². The maximum atomic E-state index is 14.0. The van der Waals surface area contributed by atoms with E-state index in [2.05, 4.69) is 24.5 Å². The first-order valence-electron chi connectivity index (χ1n) is 16.5. The molecule has 0 aliphatic carbocycles. The average molecular weight is 658 g/mol. The Balaban J connectivity index is 2.37. The molecule has 0 fully saturated rings. The van der Waals surface area contributed by atoms with Crippen LogP contribution in [0.4, 0.5) is 0 Å². The van der Waals surface area contributed by atoms with E-state index in [9.17, 15) is 22.8 Å². The number of nitrogens with two attached hydrogens (primary N) is 2. The molecule has 3 unspecified atom stereocenters. The Bertz CT molecular complexity index is 1320. The van der Waals surface area contributed by atoms with E-state index in [4.69, 9.17) is 11.5 Å². The molecule has 2 rings (SSSR count). The van der Waals surface area contributed by atoms with Gasteiger partial charge >= 0.3 is 0 Å². The van der Waals surface area contributed by atoms with Crippen LogP contribution in [0.2, 0.25) is 0 Å². The number of carbonyl (C=O) groups is 3. The van der Waals surface area contributed by atoms with Gasteiger partial charge in [0.2, 0.25) is 21.8 Å². The van der Waals surface area contributed by atoms with Gasteiger partial charge in [-0.2, -0.15) is 4.31 Å². The SMILES string of the molecule is CC(=O)C(Cc1ccccc1)NC(=O)CN(CC(CCCCN)NC(=O)C(CCCCN)CC(C)C)S(=O)(=O)c1ccc(C)cc1. The molecule has 0 spiro atoms. The van der Waals surface area contributed by atoms with Crippen LogP contribution in [0.15, 0.2) is 59.5 Å². The second-order valence-corrected chi connectivity index (χ2v) is 14.6. The Kier molecular flexibility index (Phi) is 17.1. The van der Waals surface area contributed by atoms with Gasteiger partial charge in [0.25, 0.3) is 0 Å². The summed E-state index contributed by atoms with van der Waals surface area (Å²) in [7, 11) is -4.15. The topological polar surface area (TPSA) is 165 Å². The second-order valence-electron chi connectivity index (χ2n) is 12.6. The zero-order valence-electron chi connectivity index (χ0n) is 28.0. The third-order valence-corrected chi connectivity index (χ3v) is 9.82. The van der Waals surface area contributed by atoms with E-state index in [0.717, 1.165) is 28.3 Å². The van der Waals surface area contributed by atoms with Crippen LogP contribution in [0.3, 0.4) is 0 Å². The van der Waals surface area contributed by atoms with E-state index < -0.39 is 34.6 Å². The van der Waals surface area contributed by atoms with Crippen molar-refractivity contribution in [3.8, 4) is 0 Å². The number of nitrogens with zero attached hydrogens (tertiary/aromatic N) is 1. The highest BCUT2D eigenvalue weighted by atomic mass is 32.2. The highest BCUT2D eigenvalue weighted by molar-refractivity contribution is 7.89. The second kappa shape index (κ2) is 20.2.